The van der Waals surface area contributed by atoms with E-state index in [0.29, 0.717) is 6.04 Å². The Balaban J connectivity index is 1.68. The molecule has 2 fully saturated rings. The van der Waals surface area contributed by atoms with Gasteiger partial charge in [0, 0.05) is 24.9 Å². The molecular formula is C15H25NOS. The molecule has 1 atom stereocenters. The maximum absolute atomic E-state index is 6.11. The fourth-order valence-electron chi connectivity index (χ4n) is 3.21. The molecule has 1 heterocycles. The normalized spacial score (nSPS) is 26.9. The van der Waals surface area contributed by atoms with E-state index in [2.05, 4.69) is 11.2 Å². The molecule has 0 aromatic carbocycles. The first-order valence-electron chi connectivity index (χ1n) is 7.23. The van der Waals surface area contributed by atoms with E-state index in [1.165, 1.54) is 44.9 Å². The van der Waals surface area contributed by atoms with E-state index >= 15 is 0 Å². The first kappa shape index (κ1) is 14.2. The van der Waals surface area contributed by atoms with Gasteiger partial charge >= 0.3 is 0 Å². The summed E-state index contributed by atoms with van der Waals surface area (Å²) in [6.45, 7) is 2.02. The Morgan fingerprint density at radius 3 is 2.94 bits per heavy atom. The van der Waals surface area contributed by atoms with Crippen LogP contribution in [0, 0.1) is 12.3 Å². The zero-order valence-electron chi connectivity index (χ0n) is 11.2. The topological polar surface area (TPSA) is 21.3 Å². The number of terminal acetylenes is 1. The van der Waals surface area contributed by atoms with Gasteiger partial charge in [0.05, 0.1) is 11.4 Å². The third kappa shape index (κ3) is 4.19. The van der Waals surface area contributed by atoms with Crippen LogP contribution in [0.2, 0.25) is 0 Å². The minimum absolute atomic E-state index is 0.222. The predicted octanol–water partition coefficient (Wildman–Crippen LogP) is 2.82. The molecule has 2 aliphatic rings. The number of rotatable bonds is 5. The van der Waals surface area contributed by atoms with Gasteiger partial charge in [0.1, 0.15) is 0 Å². The number of ether oxygens (including phenoxy) is 1. The number of thioether (sulfide) groups is 1. The van der Waals surface area contributed by atoms with Crippen LogP contribution >= 0.6 is 11.8 Å². The second-order valence-corrected chi connectivity index (χ2v) is 6.60. The van der Waals surface area contributed by atoms with Crippen LogP contribution in [0.15, 0.2) is 0 Å². The van der Waals surface area contributed by atoms with Crippen molar-refractivity contribution in [3.63, 3.8) is 0 Å². The zero-order valence-corrected chi connectivity index (χ0v) is 12.1. The molecule has 1 saturated carbocycles. The highest BCUT2D eigenvalue weighted by Gasteiger charge is 2.38. The summed E-state index contributed by atoms with van der Waals surface area (Å²) in [4.78, 5) is 0. The Hall–Kier alpha value is -0.170. The van der Waals surface area contributed by atoms with Gasteiger partial charge in [-0.25, -0.2) is 0 Å². The average Bonchev–Trinajstić information content (AvgIpc) is 2.40. The van der Waals surface area contributed by atoms with Crippen LogP contribution in [0.3, 0.4) is 0 Å². The van der Waals surface area contributed by atoms with E-state index in [-0.39, 0.29) is 5.60 Å². The maximum atomic E-state index is 6.11. The van der Waals surface area contributed by atoms with E-state index in [1.54, 1.807) is 0 Å². The summed E-state index contributed by atoms with van der Waals surface area (Å²) in [7, 11) is 0. The van der Waals surface area contributed by atoms with Gasteiger partial charge in [-0.15, -0.1) is 18.2 Å². The highest BCUT2D eigenvalue weighted by molar-refractivity contribution is 7.99. The molecule has 0 amide bonds. The van der Waals surface area contributed by atoms with Crippen LogP contribution in [-0.2, 0) is 4.74 Å². The molecule has 1 unspecified atom stereocenters. The van der Waals surface area contributed by atoms with Crippen LogP contribution < -0.4 is 5.32 Å². The second kappa shape index (κ2) is 7.43. The quantitative estimate of drug-likeness (QED) is 0.611. The molecule has 1 aliphatic carbocycles. The summed E-state index contributed by atoms with van der Waals surface area (Å²) in [6, 6.07) is 0.656. The van der Waals surface area contributed by atoms with Crippen molar-refractivity contribution in [2.24, 2.45) is 0 Å². The number of hydrogen-bond acceptors (Lipinski definition) is 3. The van der Waals surface area contributed by atoms with Crippen LogP contribution in [0.1, 0.15) is 44.9 Å². The SMILES string of the molecule is C#CCSCCNC1CCOC2(CCCCC2)C1. The molecule has 0 aromatic rings. The smallest absolute Gasteiger partial charge is 0.0697 e. The van der Waals surface area contributed by atoms with Gasteiger partial charge in [-0.2, -0.15) is 0 Å². The number of nitrogens with one attached hydrogen (secondary N) is 1. The number of hydrogen-bond donors (Lipinski definition) is 1. The first-order chi connectivity index (χ1) is 8.85. The Morgan fingerprint density at radius 2 is 2.17 bits per heavy atom. The van der Waals surface area contributed by atoms with Crippen LogP contribution in [-0.4, -0.2) is 36.3 Å². The van der Waals surface area contributed by atoms with Crippen LogP contribution in [0.4, 0.5) is 0 Å². The lowest BCUT2D eigenvalue weighted by atomic mass is 9.78. The summed E-state index contributed by atoms with van der Waals surface area (Å²) in [5.41, 5.74) is 0.222. The van der Waals surface area contributed by atoms with Gasteiger partial charge in [0.2, 0.25) is 0 Å². The monoisotopic (exact) mass is 267 g/mol. The fraction of sp³-hybridized carbons (Fsp3) is 0.867. The third-order valence-electron chi connectivity index (χ3n) is 4.12. The Labute approximate surface area is 116 Å². The van der Waals surface area contributed by atoms with Gasteiger partial charge in [-0.3, -0.25) is 0 Å². The lowest BCUT2D eigenvalue weighted by Gasteiger charge is -2.43. The van der Waals surface area contributed by atoms with Gasteiger partial charge in [0.15, 0.2) is 0 Å². The van der Waals surface area contributed by atoms with Crippen LogP contribution in [0.5, 0.6) is 0 Å². The largest absolute Gasteiger partial charge is 0.375 e. The standard InChI is InChI=1S/C15H25NOS/c1-2-11-18-12-9-16-14-6-10-17-15(13-14)7-4-3-5-8-15/h1,14,16H,3-13H2. The van der Waals surface area contributed by atoms with Crippen molar-refractivity contribution in [3.8, 4) is 12.3 Å². The molecule has 0 aromatic heterocycles. The minimum atomic E-state index is 0.222. The van der Waals surface area contributed by atoms with Gasteiger partial charge in [-0.05, 0) is 25.7 Å². The van der Waals surface area contributed by atoms with Crippen molar-refractivity contribution in [1.29, 1.82) is 0 Å². The van der Waals surface area contributed by atoms with E-state index in [4.69, 9.17) is 11.2 Å². The average molecular weight is 267 g/mol. The molecule has 1 saturated heterocycles. The van der Waals surface area contributed by atoms with Crippen molar-refractivity contribution in [1.82, 2.24) is 5.32 Å². The Kier molecular flexibility index (Phi) is 5.88. The van der Waals surface area contributed by atoms with Crippen LogP contribution in [0.25, 0.3) is 0 Å². The molecule has 1 spiro atoms. The van der Waals surface area contributed by atoms with Crippen molar-refractivity contribution in [2.75, 3.05) is 24.7 Å². The Morgan fingerprint density at radius 1 is 1.33 bits per heavy atom. The molecule has 1 N–H and O–H groups in total. The third-order valence-corrected chi connectivity index (χ3v) is 4.99. The highest BCUT2D eigenvalue weighted by atomic mass is 32.2. The van der Waals surface area contributed by atoms with Crippen molar-refractivity contribution in [2.45, 2.75) is 56.6 Å². The summed E-state index contributed by atoms with van der Waals surface area (Å²) < 4.78 is 6.11. The van der Waals surface area contributed by atoms with Crippen molar-refractivity contribution in [3.05, 3.63) is 0 Å². The van der Waals surface area contributed by atoms with E-state index in [1.807, 2.05) is 11.8 Å². The van der Waals surface area contributed by atoms with Gasteiger partial charge in [0.25, 0.3) is 0 Å². The van der Waals surface area contributed by atoms with Crippen molar-refractivity contribution >= 4 is 11.8 Å². The highest BCUT2D eigenvalue weighted by Crippen LogP contribution is 2.38. The summed E-state index contributed by atoms with van der Waals surface area (Å²) in [6.07, 6.45) is 14.3. The molecule has 102 valence electrons. The van der Waals surface area contributed by atoms with E-state index < -0.39 is 0 Å². The van der Waals surface area contributed by atoms with E-state index in [0.717, 1.165) is 24.7 Å². The van der Waals surface area contributed by atoms with Gasteiger partial charge in [-0.1, -0.05) is 25.2 Å². The maximum Gasteiger partial charge on any atom is 0.0697 e. The Bertz CT molecular complexity index is 275. The molecule has 0 radical (unpaired) electrons. The molecular weight excluding hydrogens is 242 g/mol. The molecule has 18 heavy (non-hydrogen) atoms. The van der Waals surface area contributed by atoms with E-state index in [9.17, 15) is 0 Å². The van der Waals surface area contributed by atoms with Gasteiger partial charge < -0.3 is 10.1 Å². The van der Waals surface area contributed by atoms with Crippen molar-refractivity contribution < 1.29 is 4.74 Å². The summed E-state index contributed by atoms with van der Waals surface area (Å²) in [5.74, 6) is 4.62. The molecule has 2 rings (SSSR count). The fourth-order valence-corrected chi connectivity index (χ4v) is 3.74. The second-order valence-electron chi connectivity index (χ2n) is 5.49. The summed E-state index contributed by atoms with van der Waals surface area (Å²) >= 11 is 1.84. The summed E-state index contributed by atoms with van der Waals surface area (Å²) in [5, 5.41) is 3.68. The predicted molar refractivity (Wildman–Crippen MR) is 79.0 cm³/mol. The molecule has 3 heteroatoms. The molecule has 1 aliphatic heterocycles. The lowest BCUT2D eigenvalue weighted by molar-refractivity contribution is -0.108. The lowest BCUT2D eigenvalue weighted by Crippen LogP contribution is -2.48. The molecule has 2 nitrogen and oxygen atoms in total. The molecule has 0 bridgehead atoms. The zero-order chi connectivity index (χ0) is 12.7. The minimum Gasteiger partial charge on any atom is -0.375 e. The first-order valence-corrected chi connectivity index (χ1v) is 8.39.